The largest absolute Gasteiger partial charge is 0.456 e. The maximum atomic E-state index is 6.26. The molecule has 0 aliphatic heterocycles. The summed E-state index contributed by atoms with van der Waals surface area (Å²) < 4.78 is 8.51. The zero-order valence-electron chi connectivity index (χ0n) is 28.1. The van der Waals surface area contributed by atoms with Crippen LogP contribution in [0.1, 0.15) is 25.0 Å². The highest BCUT2D eigenvalue weighted by atomic mass is 16.3. The third-order valence-electron chi connectivity index (χ3n) is 10.9. The molecule has 4 aromatic heterocycles. The predicted octanol–water partition coefficient (Wildman–Crippen LogP) is 11.7. The molecular formula is C46H30N4O. The van der Waals surface area contributed by atoms with Gasteiger partial charge in [-0.2, -0.15) is 0 Å². The van der Waals surface area contributed by atoms with Gasteiger partial charge in [0.1, 0.15) is 11.2 Å². The van der Waals surface area contributed by atoms with Crippen LogP contribution in [0.5, 0.6) is 0 Å². The molecule has 51 heavy (non-hydrogen) atoms. The van der Waals surface area contributed by atoms with E-state index in [1.807, 2.05) is 24.5 Å². The van der Waals surface area contributed by atoms with Crippen molar-refractivity contribution >= 4 is 54.5 Å². The molecule has 0 saturated heterocycles. The van der Waals surface area contributed by atoms with Crippen molar-refractivity contribution in [2.75, 3.05) is 0 Å². The van der Waals surface area contributed by atoms with Crippen LogP contribution >= 0.6 is 0 Å². The Morgan fingerprint density at radius 1 is 0.529 bits per heavy atom. The lowest BCUT2D eigenvalue weighted by Crippen LogP contribution is -2.18. The van der Waals surface area contributed by atoms with E-state index in [0.29, 0.717) is 5.95 Å². The zero-order chi connectivity index (χ0) is 33.8. The van der Waals surface area contributed by atoms with E-state index in [0.717, 1.165) is 72.2 Å². The lowest BCUT2D eigenvalue weighted by Gasteiger charge is -2.24. The topological polar surface area (TPSA) is 56.7 Å². The second kappa shape index (κ2) is 10.2. The summed E-state index contributed by atoms with van der Waals surface area (Å²) in [6, 6.07) is 47.4. The zero-order valence-corrected chi connectivity index (χ0v) is 28.1. The molecule has 1 aliphatic rings. The Kier molecular flexibility index (Phi) is 5.66. The highest BCUT2D eigenvalue weighted by Crippen LogP contribution is 2.52. The molecule has 0 bridgehead atoms. The lowest BCUT2D eigenvalue weighted by atomic mass is 9.80. The van der Waals surface area contributed by atoms with Gasteiger partial charge < -0.3 is 4.42 Å². The van der Waals surface area contributed by atoms with Gasteiger partial charge in [0.05, 0.1) is 22.4 Å². The third-order valence-corrected chi connectivity index (χ3v) is 10.9. The molecule has 0 atom stereocenters. The molecule has 5 heteroatoms. The number of rotatable bonds is 3. The standard InChI is InChI=1S/C46H30N4O/c1-46(2)37-25-30(27-19-21-47-22-20-27)15-17-34(37)44-42(46)43(31-16-18-41-36(24-31)33-12-6-8-14-40(33)51-41)48-45(49-44)50-38-13-7-5-11-32(38)35-23-28-9-3-4-10-29(28)26-39(35)50/h3-26H,1-2H3. The lowest BCUT2D eigenvalue weighted by molar-refractivity contribution is 0.657. The van der Waals surface area contributed by atoms with Crippen molar-refractivity contribution in [2.45, 2.75) is 19.3 Å². The fraction of sp³-hybridized carbons (Fsp3) is 0.0652. The quantitative estimate of drug-likeness (QED) is 0.190. The molecule has 6 aromatic carbocycles. The maximum Gasteiger partial charge on any atom is 0.235 e. The van der Waals surface area contributed by atoms with Gasteiger partial charge in [0.2, 0.25) is 5.95 Å². The molecule has 5 nitrogen and oxygen atoms in total. The van der Waals surface area contributed by atoms with Crippen LogP contribution in [0.3, 0.4) is 0 Å². The van der Waals surface area contributed by atoms with Crippen molar-refractivity contribution in [1.29, 1.82) is 0 Å². The molecule has 0 N–H and O–H groups in total. The van der Waals surface area contributed by atoms with Crippen molar-refractivity contribution < 1.29 is 4.42 Å². The highest BCUT2D eigenvalue weighted by Gasteiger charge is 2.41. The number of hydrogen-bond acceptors (Lipinski definition) is 4. The molecule has 1 aliphatic carbocycles. The summed E-state index contributed by atoms with van der Waals surface area (Å²) >= 11 is 0. The van der Waals surface area contributed by atoms with E-state index in [1.54, 1.807) is 0 Å². The van der Waals surface area contributed by atoms with Gasteiger partial charge in [-0.05, 0) is 88.1 Å². The first kappa shape index (κ1) is 28.3. The molecule has 0 amide bonds. The van der Waals surface area contributed by atoms with Gasteiger partial charge in [-0.25, -0.2) is 9.97 Å². The highest BCUT2D eigenvalue weighted by molar-refractivity contribution is 6.13. The molecule has 10 aromatic rings. The summed E-state index contributed by atoms with van der Waals surface area (Å²) in [5, 5.41) is 6.93. The minimum Gasteiger partial charge on any atom is -0.456 e. The summed E-state index contributed by atoms with van der Waals surface area (Å²) in [6.07, 6.45) is 3.70. The molecule has 0 saturated carbocycles. The van der Waals surface area contributed by atoms with E-state index in [2.05, 4.69) is 145 Å². The van der Waals surface area contributed by atoms with Gasteiger partial charge >= 0.3 is 0 Å². The fourth-order valence-corrected chi connectivity index (χ4v) is 8.42. The minimum absolute atomic E-state index is 0.369. The van der Waals surface area contributed by atoms with Gasteiger partial charge in [-0.3, -0.25) is 9.55 Å². The number of benzene rings is 6. The number of pyridine rings is 1. The van der Waals surface area contributed by atoms with E-state index in [4.69, 9.17) is 14.4 Å². The van der Waals surface area contributed by atoms with Crippen LogP contribution in [0.25, 0.3) is 94.1 Å². The van der Waals surface area contributed by atoms with Gasteiger partial charge in [0.25, 0.3) is 0 Å². The normalized spacial score (nSPS) is 13.5. The Labute approximate surface area is 293 Å². The Hall–Kier alpha value is -6.59. The Balaban J connectivity index is 1.24. The molecule has 0 fully saturated rings. The van der Waals surface area contributed by atoms with Crippen LogP contribution in [0, 0.1) is 0 Å². The third kappa shape index (κ3) is 4.00. The average Bonchev–Trinajstić information content (AvgIpc) is 3.78. The van der Waals surface area contributed by atoms with Gasteiger partial charge in [-0.15, -0.1) is 0 Å². The minimum atomic E-state index is -0.369. The molecule has 11 rings (SSSR count). The summed E-state index contributed by atoms with van der Waals surface area (Å²) in [5.74, 6) is 0.657. The fourth-order valence-electron chi connectivity index (χ4n) is 8.42. The number of aromatic nitrogens is 4. The van der Waals surface area contributed by atoms with Crippen LogP contribution in [-0.4, -0.2) is 19.5 Å². The average molecular weight is 655 g/mol. The Bertz CT molecular complexity index is 3060. The SMILES string of the molecule is CC1(C)c2cc(-c3ccncc3)ccc2-c2nc(-n3c4ccccc4c4cc5ccccc5cc43)nc(-c3ccc4oc5ccccc5c4c3)c21. The van der Waals surface area contributed by atoms with E-state index in [-0.39, 0.29) is 5.41 Å². The number of para-hydroxylation sites is 2. The monoisotopic (exact) mass is 654 g/mol. The number of furan rings is 1. The van der Waals surface area contributed by atoms with E-state index >= 15 is 0 Å². The first-order valence-electron chi connectivity index (χ1n) is 17.3. The van der Waals surface area contributed by atoms with Gasteiger partial charge in [0, 0.05) is 56.0 Å². The smallest absolute Gasteiger partial charge is 0.235 e. The summed E-state index contributed by atoms with van der Waals surface area (Å²) in [6.45, 7) is 4.61. The van der Waals surface area contributed by atoms with E-state index < -0.39 is 0 Å². The van der Waals surface area contributed by atoms with Crippen LogP contribution in [0.15, 0.2) is 150 Å². The van der Waals surface area contributed by atoms with Crippen molar-refractivity contribution in [3.8, 4) is 39.6 Å². The Morgan fingerprint density at radius 2 is 1.24 bits per heavy atom. The van der Waals surface area contributed by atoms with Gasteiger partial charge in [-0.1, -0.05) is 86.6 Å². The summed E-state index contributed by atoms with van der Waals surface area (Å²) in [4.78, 5) is 15.4. The second-order valence-electron chi connectivity index (χ2n) is 14.1. The van der Waals surface area contributed by atoms with E-state index in [1.165, 1.54) is 27.1 Å². The molecule has 240 valence electrons. The number of fused-ring (bicyclic) bond motifs is 10. The van der Waals surface area contributed by atoms with Crippen LogP contribution in [0.2, 0.25) is 0 Å². The Morgan fingerprint density at radius 3 is 2.10 bits per heavy atom. The molecule has 0 spiro atoms. The molecule has 4 heterocycles. The van der Waals surface area contributed by atoms with Crippen LogP contribution < -0.4 is 0 Å². The van der Waals surface area contributed by atoms with Crippen molar-refractivity contribution in [3.05, 3.63) is 157 Å². The van der Waals surface area contributed by atoms with Crippen molar-refractivity contribution in [1.82, 2.24) is 19.5 Å². The number of hydrogen-bond donors (Lipinski definition) is 0. The van der Waals surface area contributed by atoms with Gasteiger partial charge in [0.15, 0.2) is 0 Å². The molecular weight excluding hydrogens is 625 g/mol. The van der Waals surface area contributed by atoms with Crippen molar-refractivity contribution in [3.63, 3.8) is 0 Å². The van der Waals surface area contributed by atoms with Crippen molar-refractivity contribution in [2.24, 2.45) is 0 Å². The molecule has 0 unspecified atom stereocenters. The number of nitrogens with zero attached hydrogens (tertiary/aromatic N) is 4. The molecule has 0 radical (unpaired) electrons. The van der Waals surface area contributed by atoms with Crippen LogP contribution in [0.4, 0.5) is 0 Å². The predicted molar refractivity (Wildman–Crippen MR) is 207 cm³/mol. The second-order valence-corrected chi connectivity index (χ2v) is 14.1. The van der Waals surface area contributed by atoms with E-state index in [9.17, 15) is 0 Å². The summed E-state index contributed by atoms with van der Waals surface area (Å²) in [5.41, 5.74) is 12.3. The maximum absolute atomic E-state index is 6.26. The van der Waals surface area contributed by atoms with Crippen LogP contribution in [-0.2, 0) is 5.41 Å². The first-order valence-corrected chi connectivity index (χ1v) is 17.3. The summed E-state index contributed by atoms with van der Waals surface area (Å²) in [7, 11) is 0. The first-order chi connectivity index (χ1) is 25.0.